The summed E-state index contributed by atoms with van der Waals surface area (Å²) >= 11 is 0. The molecule has 0 saturated heterocycles. The lowest BCUT2D eigenvalue weighted by molar-refractivity contribution is -0.136. The molecule has 0 fully saturated rings. The number of rotatable bonds is 3. The van der Waals surface area contributed by atoms with Crippen molar-refractivity contribution in [1.82, 2.24) is 5.32 Å². The molecule has 0 saturated carbocycles. The first-order valence-electron chi connectivity index (χ1n) is 4.70. The minimum absolute atomic E-state index is 0.0993. The van der Waals surface area contributed by atoms with E-state index < -0.39 is 29.1 Å². The second-order valence-electron chi connectivity index (χ2n) is 3.04. The summed E-state index contributed by atoms with van der Waals surface area (Å²) in [5.74, 6) is -4.54. The van der Waals surface area contributed by atoms with Crippen LogP contribution in [0.2, 0.25) is 0 Å². The molecule has 3 N–H and O–H groups in total. The van der Waals surface area contributed by atoms with Gasteiger partial charge in [0.15, 0.2) is 11.6 Å². The minimum Gasteiger partial charge on any atom is -0.395 e. The fourth-order valence-electron chi connectivity index (χ4n) is 1.03. The number of halogens is 2. The molecule has 0 atom stereocenters. The number of carbonyl (C=O) groups excluding carboxylic acids is 2. The van der Waals surface area contributed by atoms with Crippen molar-refractivity contribution in [3.8, 4) is 0 Å². The van der Waals surface area contributed by atoms with Crippen molar-refractivity contribution in [3.63, 3.8) is 0 Å². The van der Waals surface area contributed by atoms with E-state index >= 15 is 0 Å². The number of nitrogens with one attached hydrogen (secondary N) is 2. The maximum absolute atomic E-state index is 13.1. The first kappa shape index (κ1) is 13.0. The van der Waals surface area contributed by atoms with Gasteiger partial charge in [-0.2, -0.15) is 0 Å². The molecular formula is C10H10F2N2O3. The van der Waals surface area contributed by atoms with Crippen LogP contribution in [0, 0.1) is 11.6 Å². The maximum Gasteiger partial charge on any atom is 0.313 e. The Bertz CT molecular complexity index is 438. The SMILES string of the molecule is O=C(NCCO)C(=O)Nc1cccc(F)c1F. The zero-order chi connectivity index (χ0) is 12.8. The molecular weight excluding hydrogens is 234 g/mol. The van der Waals surface area contributed by atoms with Crippen molar-refractivity contribution in [1.29, 1.82) is 0 Å². The lowest BCUT2D eigenvalue weighted by atomic mass is 10.3. The van der Waals surface area contributed by atoms with Crippen molar-refractivity contribution in [2.24, 2.45) is 0 Å². The maximum atomic E-state index is 13.1. The van der Waals surface area contributed by atoms with Crippen LogP contribution in [-0.4, -0.2) is 30.1 Å². The molecule has 0 heterocycles. The molecule has 0 spiro atoms. The first-order chi connectivity index (χ1) is 8.06. The summed E-state index contributed by atoms with van der Waals surface area (Å²) in [5.41, 5.74) is -0.422. The van der Waals surface area contributed by atoms with E-state index in [-0.39, 0.29) is 13.2 Å². The summed E-state index contributed by atoms with van der Waals surface area (Å²) in [7, 11) is 0. The van der Waals surface area contributed by atoms with E-state index in [4.69, 9.17) is 5.11 Å². The Labute approximate surface area is 95.4 Å². The molecule has 0 aliphatic carbocycles. The zero-order valence-corrected chi connectivity index (χ0v) is 8.67. The molecule has 7 heteroatoms. The fourth-order valence-corrected chi connectivity index (χ4v) is 1.03. The second kappa shape index (κ2) is 5.90. The monoisotopic (exact) mass is 244 g/mol. The van der Waals surface area contributed by atoms with Crippen LogP contribution in [0.15, 0.2) is 18.2 Å². The molecule has 0 radical (unpaired) electrons. The van der Waals surface area contributed by atoms with Crippen LogP contribution in [0.5, 0.6) is 0 Å². The van der Waals surface area contributed by atoms with Gasteiger partial charge in [-0.15, -0.1) is 0 Å². The predicted octanol–water partition coefficient (Wildman–Crippen LogP) is 0.0118. The van der Waals surface area contributed by atoms with E-state index in [2.05, 4.69) is 5.32 Å². The summed E-state index contributed by atoms with van der Waals surface area (Å²) in [6, 6.07) is 3.20. The summed E-state index contributed by atoms with van der Waals surface area (Å²) in [5, 5.41) is 12.4. The van der Waals surface area contributed by atoms with Crippen LogP contribution >= 0.6 is 0 Å². The van der Waals surface area contributed by atoms with E-state index in [0.29, 0.717) is 0 Å². The molecule has 0 aromatic heterocycles. The molecule has 5 nitrogen and oxygen atoms in total. The van der Waals surface area contributed by atoms with Crippen LogP contribution in [0.1, 0.15) is 0 Å². The van der Waals surface area contributed by atoms with Gasteiger partial charge < -0.3 is 15.7 Å². The highest BCUT2D eigenvalue weighted by Crippen LogP contribution is 2.16. The average molecular weight is 244 g/mol. The topological polar surface area (TPSA) is 78.4 Å². The van der Waals surface area contributed by atoms with Crippen LogP contribution in [0.4, 0.5) is 14.5 Å². The molecule has 17 heavy (non-hydrogen) atoms. The third-order valence-electron chi connectivity index (χ3n) is 1.80. The van der Waals surface area contributed by atoms with Crippen molar-refractivity contribution >= 4 is 17.5 Å². The number of hydrogen-bond acceptors (Lipinski definition) is 3. The Morgan fingerprint density at radius 3 is 2.59 bits per heavy atom. The van der Waals surface area contributed by atoms with Crippen LogP contribution in [0.25, 0.3) is 0 Å². The van der Waals surface area contributed by atoms with Gasteiger partial charge in [-0.1, -0.05) is 6.07 Å². The molecule has 2 amide bonds. The molecule has 0 bridgehead atoms. The Morgan fingerprint density at radius 1 is 1.24 bits per heavy atom. The number of aliphatic hydroxyl groups excluding tert-OH is 1. The first-order valence-corrected chi connectivity index (χ1v) is 4.70. The summed E-state index contributed by atoms with van der Waals surface area (Å²) in [6.45, 7) is -0.425. The van der Waals surface area contributed by atoms with Crippen LogP contribution in [-0.2, 0) is 9.59 Å². The van der Waals surface area contributed by atoms with E-state index in [9.17, 15) is 18.4 Å². The van der Waals surface area contributed by atoms with Gasteiger partial charge in [-0.05, 0) is 12.1 Å². The Balaban J connectivity index is 2.68. The molecule has 0 unspecified atom stereocenters. The van der Waals surface area contributed by atoms with Crippen molar-refractivity contribution in [3.05, 3.63) is 29.8 Å². The quantitative estimate of drug-likeness (QED) is 0.655. The number of anilines is 1. The normalized spacial score (nSPS) is 9.82. The highest BCUT2D eigenvalue weighted by atomic mass is 19.2. The molecule has 1 aromatic rings. The number of benzene rings is 1. The number of hydrogen-bond donors (Lipinski definition) is 3. The third-order valence-corrected chi connectivity index (χ3v) is 1.80. The number of aliphatic hydroxyl groups is 1. The number of amides is 2. The van der Waals surface area contributed by atoms with Gasteiger partial charge in [0.25, 0.3) is 0 Å². The highest BCUT2D eigenvalue weighted by Gasteiger charge is 2.16. The lowest BCUT2D eigenvalue weighted by Gasteiger charge is -2.06. The highest BCUT2D eigenvalue weighted by molar-refractivity contribution is 6.39. The standard InChI is InChI=1S/C10H10F2N2O3/c11-6-2-1-3-7(8(6)12)14-10(17)9(16)13-4-5-15/h1-3,15H,4-5H2,(H,13,16)(H,14,17). The van der Waals surface area contributed by atoms with Crippen molar-refractivity contribution in [2.45, 2.75) is 0 Å². The van der Waals surface area contributed by atoms with Gasteiger partial charge in [0, 0.05) is 6.54 Å². The fraction of sp³-hybridized carbons (Fsp3) is 0.200. The molecule has 92 valence electrons. The molecule has 0 aliphatic rings. The minimum atomic E-state index is -1.24. The van der Waals surface area contributed by atoms with Crippen LogP contribution in [0.3, 0.4) is 0 Å². The largest absolute Gasteiger partial charge is 0.395 e. The molecule has 1 rings (SSSR count). The van der Waals surface area contributed by atoms with Gasteiger partial charge in [0.05, 0.1) is 12.3 Å². The van der Waals surface area contributed by atoms with Gasteiger partial charge in [-0.3, -0.25) is 9.59 Å². The summed E-state index contributed by atoms with van der Waals surface area (Å²) in [4.78, 5) is 22.2. The van der Waals surface area contributed by atoms with Crippen LogP contribution < -0.4 is 10.6 Å². The zero-order valence-electron chi connectivity index (χ0n) is 8.67. The predicted molar refractivity (Wildman–Crippen MR) is 55.1 cm³/mol. The summed E-state index contributed by atoms with van der Waals surface area (Å²) in [6.07, 6.45) is 0. The Hall–Kier alpha value is -2.02. The van der Waals surface area contributed by atoms with E-state index in [0.717, 1.165) is 12.1 Å². The lowest BCUT2D eigenvalue weighted by Crippen LogP contribution is -2.37. The van der Waals surface area contributed by atoms with E-state index in [1.807, 2.05) is 5.32 Å². The second-order valence-corrected chi connectivity index (χ2v) is 3.04. The van der Waals surface area contributed by atoms with Gasteiger partial charge >= 0.3 is 11.8 Å². The van der Waals surface area contributed by atoms with Crippen molar-refractivity contribution < 1.29 is 23.5 Å². The van der Waals surface area contributed by atoms with Gasteiger partial charge in [0.2, 0.25) is 0 Å². The van der Waals surface area contributed by atoms with E-state index in [1.165, 1.54) is 6.07 Å². The number of carbonyl (C=O) groups is 2. The molecule has 1 aromatic carbocycles. The summed E-state index contributed by atoms with van der Waals surface area (Å²) < 4.78 is 25.9. The van der Waals surface area contributed by atoms with Gasteiger partial charge in [-0.25, -0.2) is 8.78 Å². The Kier molecular flexibility index (Phi) is 4.53. The Morgan fingerprint density at radius 2 is 1.94 bits per heavy atom. The van der Waals surface area contributed by atoms with Gasteiger partial charge in [0.1, 0.15) is 0 Å². The van der Waals surface area contributed by atoms with Crippen molar-refractivity contribution in [2.75, 3.05) is 18.5 Å². The van der Waals surface area contributed by atoms with E-state index in [1.54, 1.807) is 0 Å². The molecule has 0 aliphatic heterocycles. The smallest absolute Gasteiger partial charge is 0.313 e. The third kappa shape index (κ3) is 3.49. The average Bonchev–Trinajstić information content (AvgIpc) is 2.31.